The molecule has 114 valence electrons. The van der Waals surface area contributed by atoms with Crippen LogP contribution in [0.2, 0.25) is 0 Å². The normalized spacial score (nSPS) is 14.3. The van der Waals surface area contributed by atoms with Crippen LogP contribution in [-0.2, 0) is 15.8 Å². The molecule has 2 aromatic rings. The minimum Gasteiger partial charge on any atom is -0.368 e. The van der Waals surface area contributed by atoms with Crippen molar-refractivity contribution < 1.29 is 8.42 Å². The van der Waals surface area contributed by atoms with Gasteiger partial charge in [0.1, 0.15) is 5.84 Å². The molecule has 0 aliphatic carbocycles. The van der Waals surface area contributed by atoms with E-state index in [9.17, 15) is 8.42 Å². The van der Waals surface area contributed by atoms with Gasteiger partial charge in [0.2, 0.25) is 10.0 Å². The molecule has 3 rings (SSSR count). The van der Waals surface area contributed by atoms with Crippen molar-refractivity contribution >= 4 is 21.5 Å². The summed E-state index contributed by atoms with van der Waals surface area (Å²) in [6.45, 7) is 1.57. The Hall–Kier alpha value is -2.34. The second-order valence-electron chi connectivity index (χ2n) is 5.08. The molecule has 2 aromatic carbocycles. The highest BCUT2D eigenvalue weighted by Gasteiger charge is 2.13. The zero-order chi connectivity index (χ0) is 15.4. The molecule has 0 radical (unpaired) electrons. The van der Waals surface area contributed by atoms with Crippen LogP contribution in [-0.4, -0.2) is 27.3 Å². The molecule has 0 amide bonds. The van der Waals surface area contributed by atoms with E-state index in [1.165, 1.54) is 0 Å². The number of sulfonamides is 1. The van der Waals surface area contributed by atoms with Crippen molar-refractivity contribution in [2.75, 3.05) is 17.8 Å². The van der Waals surface area contributed by atoms with Crippen LogP contribution in [0.4, 0.5) is 5.69 Å². The first-order valence-corrected chi connectivity index (χ1v) is 8.71. The highest BCUT2D eigenvalue weighted by molar-refractivity contribution is 7.91. The van der Waals surface area contributed by atoms with Gasteiger partial charge in [0.05, 0.1) is 12.3 Å². The van der Waals surface area contributed by atoms with Gasteiger partial charge in [0, 0.05) is 17.8 Å². The highest BCUT2D eigenvalue weighted by Crippen LogP contribution is 2.15. The fraction of sp³-hybridized carbons (Fsp3) is 0.188. The summed E-state index contributed by atoms with van der Waals surface area (Å²) in [6, 6.07) is 16.4. The third-order valence-electron chi connectivity index (χ3n) is 3.28. The number of rotatable bonds is 5. The molecule has 0 bridgehead atoms. The van der Waals surface area contributed by atoms with Gasteiger partial charge in [-0.1, -0.05) is 42.5 Å². The summed E-state index contributed by atoms with van der Waals surface area (Å²) < 4.78 is 27.1. The number of benzene rings is 2. The lowest BCUT2D eigenvalue weighted by atomic mass is 10.2. The Kier molecular flexibility index (Phi) is 4.11. The van der Waals surface area contributed by atoms with Crippen molar-refractivity contribution in [1.82, 2.24) is 5.32 Å². The molecule has 2 N–H and O–H groups in total. The van der Waals surface area contributed by atoms with Gasteiger partial charge in [-0.2, -0.15) is 0 Å². The molecule has 0 fully saturated rings. The van der Waals surface area contributed by atoms with Crippen LogP contribution in [0.1, 0.15) is 11.1 Å². The third-order valence-corrected chi connectivity index (χ3v) is 4.54. The van der Waals surface area contributed by atoms with Crippen molar-refractivity contribution in [1.29, 1.82) is 0 Å². The Bertz CT molecular complexity index is 786. The van der Waals surface area contributed by atoms with Crippen LogP contribution in [0, 0.1) is 0 Å². The predicted molar refractivity (Wildman–Crippen MR) is 88.5 cm³/mol. The second-order valence-corrected chi connectivity index (χ2v) is 6.81. The summed E-state index contributed by atoms with van der Waals surface area (Å²) in [6.07, 6.45) is 0. The Morgan fingerprint density at radius 3 is 2.64 bits per heavy atom. The first-order valence-electron chi connectivity index (χ1n) is 7.06. The number of amidine groups is 1. The average Bonchev–Trinajstić information content (AvgIpc) is 3.02. The number of aliphatic imine (C=N–C) groups is 1. The molecular weight excluding hydrogens is 298 g/mol. The number of nitrogens with one attached hydrogen (secondary N) is 2. The maximum absolute atomic E-state index is 12.2. The monoisotopic (exact) mass is 315 g/mol. The van der Waals surface area contributed by atoms with Gasteiger partial charge in [-0.15, -0.1) is 0 Å². The molecule has 1 aliphatic rings. The van der Waals surface area contributed by atoms with E-state index < -0.39 is 10.0 Å². The maximum atomic E-state index is 12.2. The Balaban J connectivity index is 1.76. The quantitative estimate of drug-likeness (QED) is 0.886. The van der Waals surface area contributed by atoms with Crippen LogP contribution >= 0.6 is 0 Å². The molecule has 1 aliphatic heterocycles. The maximum Gasteiger partial charge on any atom is 0.236 e. The van der Waals surface area contributed by atoms with Crippen molar-refractivity contribution in [3.8, 4) is 0 Å². The summed E-state index contributed by atoms with van der Waals surface area (Å²) in [7, 11) is -3.44. The van der Waals surface area contributed by atoms with E-state index in [0.717, 1.165) is 30.1 Å². The van der Waals surface area contributed by atoms with Gasteiger partial charge < -0.3 is 5.32 Å². The average molecular weight is 315 g/mol. The molecule has 0 atom stereocenters. The van der Waals surface area contributed by atoms with E-state index in [2.05, 4.69) is 15.0 Å². The highest BCUT2D eigenvalue weighted by atomic mass is 32.2. The van der Waals surface area contributed by atoms with Crippen LogP contribution in [0.15, 0.2) is 59.6 Å². The Morgan fingerprint density at radius 1 is 1.09 bits per heavy atom. The summed E-state index contributed by atoms with van der Waals surface area (Å²) in [5.41, 5.74) is 2.19. The largest absolute Gasteiger partial charge is 0.368 e. The molecule has 0 saturated carbocycles. The lowest BCUT2D eigenvalue weighted by Crippen LogP contribution is -2.20. The number of hydrogen-bond donors (Lipinski definition) is 2. The van der Waals surface area contributed by atoms with Crippen LogP contribution in [0.3, 0.4) is 0 Å². The van der Waals surface area contributed by atoms with E-state index in [1.54, 1.807) is 24.3 Å². The van der Waals surface area contributed by atoms with Gasteiger partial charge in [-0.3, -0.25) is 9.71 Å². The summed E-state index contributed by atoms with van der Waals surface area (Å²) in [5, 5.41) is 3.18. The Morgan fingerprint density at radius 2 is 1.91 bits per heavy atom. The van der Waals surface area contributed by atoms with Gasteiger partial charge in [0.15, 0.2) is 0 Å². The van der Waals surface area contributed by atoms with Gasteiger partial charge >= 0.3 is 0 Å². The SMILES string of the molecule is O=S(=O)(Cc1ccccc1)Nc1cccc(C2=NCCN2)c1. The molecule has 22 heavy (non-hydrogen) atoms. The second kappa shape index (κ2) is 6.19. The lowest BCUT2D eigenvalue weighted by molar-refractivity contribution is 0.600. The lowest BCUT2D eigenvalue weighted by Gasteiger charge is -2.10. The van der Waals surface area contributed by atoms with E-state index in [1.807, 2.05) is 30.3 Å². The van der Waals surface area contributed by atoms with E-state index >= 15 is 0 Å². The first kappa shape index (κ1) is 14.6. The minimum absolute atomic E-state index is 0.0444. The molecule has 0 spiro atoms. The number of nitrogens with zero attached hydrogens (tertiary/aromatic N) is 1. The molecular formula is C16H17N3O2S. The number of anilines is 1. The molecule has 5 nitrogen and oxygen atoms in total. The van der Waals surface area contributed by atoms with Crippen LogP contribution in [0.25, 0.3) is 0 Å². The zero-order valence-electron chi connectivity index (χ0n) is 12.0. The van der Waals surface area contributed by atoms with Crippen LogP contribution in [0.5, 0.6) is 0 Å². The van der Waals surface area contributed by atoms with Crippen molar-refractivity contribution in [3.63, 3.8) is 0 Å². The molecule has 1 heterocycles. The predicted octanol–water partition coefficient (Wildman–Crippen LogP) is 1.98. The smallest absolute Gasteiger partial charge is 0.236 e. The van der Waals surface area contributed by atoms with Crippen molar-refractivity contribution in [2.24, 2.45) is 4.99 Å². The zero-order valence-corrected chi connectivity index (χ0v) is 12.8. The fourth-order valence-corrected chi connectivity index (χ4v) is 3.52. The minimum atomic E-state index is -3.44. The van der Waals surface area contributed by atoms with Gasteiger partial charge in [-0.05, 0) is 17.7 Å². The topological polar surface area (TPSA) is 70.6 Å². The fourth-order valence-electron chi connectivity index (χ4n) is 2.33. The number of hydrogen-bond acceptors (Lipinski definition) is 4. The van der Waals surface area contributed by atoms with E-state index in [-0.39, 0.29) is 5.75 Å². The van der Waals surface area contributed by atoms with Crippen molar-refractivity contribution in [2.45, 2.75) is 5.75 Å². The molecule has 0 unspecified atom stereocenters. The van der Waals surface area contributed by atoms with Gasteiger partial charge in [0.25, 0.3) is 0 Å². The van der Waals surface area contributed by atoms with Gasteiger partial charge in [-0.25, -0.2) is 8.42 Å². The summed E-state index contributed by atoms with van der Waals surface area (Å²) in [5.74, 6) is 0.765. The molecule has 0 saturated heterocycles. The van der Waals surface area contributed by atoms with E-state index in [4.69, 9.17) is 0 Å². The molecule has 0 aromatic heterocycles. The standard InChI is InChI=1S/C16H17N3O2S/c20-22(21,12-13-5-2-1-3-6-13)19-15-8-4-7-14(11-15)16-17-9-10-18-16/h1-8,11,19H,9-10,12H2,(H,17,18). The Labute approximate surface area is 130 Å². The van der Waals surface area contributed by atoms with Crippen molar-refractivity contribution in [3.05, 3.63) is 65.7 Å². The summed E-state index contributed by atoms with van der Waals surface area (Å²) in [4.78, 5) is 4.34. The third kappa shape index (κ3) is 3.65. The van der Waals surface area contributed by atoms with E-state index in [0.29, 0.717) is 5.69 Å². The summed E-state index contributed by atoms with van der Waals surface area (Å²) >= 11 is 0. The first-order chi connectivity index (χ1) is 10.6. The molecule has 6 heteroatoms. The van der Waals surface area contributed by atoms with Crippen LogP contribution < -0.4 is 10.0 Å².